The maximum absolute atomic E-state index is 12.6. The molecule has 4 atom stereocenters. The Balaban J connectivity index is 0.00000338. The second-order valence-electron chi connectivity index (χ2n) is 7.76. The Labute approximate surface area is 176 Å². The van der Waals surface area contributed by atoms with Crippen LogP contribution >= 0.6 is 24.8 Å². The van der Waals surface area contributed by atoms with Gasteiger partial charge in [0.1, 0.15) is 6.10 Å². The van der Waals surface area contributed by atoms with Crippen molar-refractivity contribution in [1.29, 1.82) is 0 Å². The number of nitrogens with two attached hydrogens (primary N) is 1. The van der Waals surface area contributed by atoms with Crippen molar-refractivity contribution in [3.8, 4) is 0 Å². The van der Waals surface area contributed by atoms with Gasteiger partial charge in [-0.05, 0) is 36.2 Å². The molecule has 1 aromatic rings. The van der Waals surface area contributed by atoms with Gasteiger partial charge < -0.3 is 15.8 Å². The maximum atomic E-state index is 12.6. The average molecular weight is 419 g/mol. The Bertz CT molecular complexity index is 528. The van der Waals surface area contributed by atoms with Crippen molar-refractivity contribution in [1.82, 2.24) is 5.32 Å². The van der Waals surface area contributed by atoms with Crippen molar-refractivity contribution in [3.05, 3.63) is 35.9 Å². The standard InChI is InChI=1S/C21H34N2O2.2ClH/c1-15(2)18-10-9-16(3)13-20(18)25-21(24)14-19(23-12-11-22)17-7-5-4-6-8-17;;/h4-8,15-16,18-20,23H,9-14,22H2,1-3H3;2*1H/t16-,18+,19?,20-;;/m1../s1. The van der Waals surface area contributed by atoms with Gasteiger partial charge in [-0.15, -0.1) is 24.8 Å². The van der Waals surface area contributed by atoms with E-state index in [4.69, 9.17) is 10.5 Å². The predicted octanol–water partition coefficient (Wildman–Crippen LogP) is 4.51. The number of ether oxygens (including phenoxy) is 1. The number of hydrogen-bond acceptors (Lipinski definition) is 4. The van der Waals surface area contributed by atoms with E-state index in [0.29, 0.717) is 37.3 Å². The number of halogens is 2. The highest BCUT2D eigenvalue weighted by atomic mass is 35.5. The third-order valence-corrected chi connectivity index (χ3v) is 5.35. The highest BCUT2D eigenvalue weighted by Crippen LogP contribution is 2.35. The molecule has 1 fully saturated rings. The molecule has 1 aliphatic carbocycles. The summed E-state index contributed by atoms with van der Waals surface area (Å²) in [7, 11) is 0. The molecule has 1 unspecified atom stereocenters. The van der Waals surface area contributed by atoms with Crippen molar-refractivity contribution in [3.63, 3.8) is 0 Å². The van der Waals surface area contributed by atoms with E-state index in [1.54, 1.807) is 0 Å². The second kappa shape index (κ2) is 13.4. The lowest BCUT2D eigenvalue weighted by molar-refractivity contribution is -0.156. The van der Waals surface area contributed by atoms with Crippen molar-refractivity contribution < 1.29 is 9.53 Å². The van der Waals surface area contributed by atoms with Gasteiger partial charge >= 0.3 is 5.97 Å². The monoisotopic (exact) mass is 418 g/mol. The van der Waals surface area contributed by atoms with Gasteiger partial charge in [0, 0.05) is 19.1 Å². The fraction of sp³-hybridized carbons (Fsp3) is 0.667. The first kappa shape index (κ1) is 26.2. The van der Waals surface area contributed by atoms with Crippen LogP contribution < -0.4 is 11.1 Å². The number of esters is 1. The summed E-state index contributed by atoms with van der Waals surface area (Å²) in [6.45, 7) is 7.96. The smallest absolute Gasteiger partial charge is 0.308 e. The molecular formula is C21H36Cl2N2O2. The number of carbonyl (C=O) groups is 1. The van der Waals surface area contributed by atoms with Crippen LogP contribution in [0.4, 0.5) is 0 Å². The number of benzene rings is 1. The van der Waals surface area contributed by atoms with E-state index < -0.39 is 0 Å². The topological polar surface area (TPSA) is 64.3 Å². The molecule has 0 aliphatic heterocycles. The van der Waals surface area contributed by atoms with Crippen molar-refractivity contribution in [2.75, 3.05) is 13.1 Å². The molecule has 0 bridgehead atoms. The minimum absolute atomic E-state index is 0. The van der Waals surface area contributed by atoms with Crippen LogP contribution in [0.15, 0.2) is 30.3 Å². The highest BCUT2D eigenvalue weighted by Gasteiger charge is 2.33. The molecule has 0 spiro atoms. The lowest BCUT2D eigenvalue weighted by atomic mass is 9.75. The Hall–Kier alpha value is -0.810. The van der Waals surface area contributed by atoms with Gasteiger partial charge in [0.05, 0.1) is 6.42 Å². The van der Waals surface area contributed by atoms with Crippen molar-refractivity contribution in [2.45, 2.75) is 58.6 Å². The van der Waals surface area contributed by atoms with Crippen LogP contribution in [0.1, 0.15) is 58.1 Å². The number of rotatable bonds is 8. The van der Waals surface area contributed by atoms with Crippen LogP contribution in [0.3, 0.4) is 0 Å². The molecule has 0 saturated heterocycles. The fourth-order valence-electron chi connectivity index (χ4n) is 3.88. The summed E-state index contributed by atoms with van der Waals surface area (Å²) < 4.78 is 5.96. The molecule has 1 saturated carbocycles. The Morgan fingerprint density at radius 1 is 1.22 bits per heavy atom. The fourth-order valence-corrected chi connectivity index (χ4v) is 3.88. The quantitative estimate of drug-likeness (QED) is 0.609. The highest BCUT2D eigenvalue weighted by molar-refractivity contribution is 5.85. The molecule has 4 nitrogen and oxygen atoms in total. The van der Waals surface area contributed by atoms with E-state index in [2.05, 4.69) is 26.1 Å². The molecule has 3 N–H and O–H groups in total. The zero-order valence-electron chi connectivity index (χ0n) is 16.7. The minimum atomic E-state index is -0.108. The van der Waals surface area contributed by atoms with Gasteiger partial charge in [-0.25, -0.2) is 0 Å². The Kier molecular flexibility index (Phi) is 13.0. The predicted molar refractivity (Wildman–Crippen MR) is 117 cm³/mol. The third kappa shape index (κ3) is 8.39. The van der Waals surface area contributed by atoms with Gasteiger partial charge in [0.25, 0.3) is 0 Å². The van der Waals surface area contributed by atoms with Crippen LogP contribution in [-0.2, 0) is 9.53 Å². The maximum Gasteiger partial charge on any atom is 0.308 e. The van der Waals surface area contributed by atoms with Crippen molar-refractivity contribution in [2.24, 2.45) is 23.5 Å². The van der Waals surface area contributed by atoms with E-state index in [1.807, 2.05) is 30.3 Å². The van der Waals surface area contributed by atoms with Crippen LogP contribution in [0.5, 0.6) is 0 Å². The molecule has 0 radical (unpaired) electrons. The third-order valence-electron chi connectivity index (χ3n) is 5.35. The van der Waals surface area contributed by atoms with E-state index in [-0.39, 0.29) is 42.9 Å². The van der Waals surface area contributed by atoms with Gasteiger partial charge in [0.15, 0.2) is 0 Å². The summed E-state index contributed by atoms with van der Waals surface area (Å²) in [6, 6.07) is 10.0. The number of hydrogen-bond donors (Lipinski definition) is 2. The summed E-state index contributed by atoms with van der Waals surface area (Å²) in [5.41, 5.74) is 6.73. The molecule has 2 rings (SSSR count). The largest absolute Gasteiger partial charge is 0.462 e. The molecule has 0 heterocycles. The normalized spacial score (nSPS) is 23.1. The van der Waals surface area contributed by atoms with E-state index in [9.17, 15) is 4.79 Å². The summed E-state index contributed by atoms with van der Waals surface area (Å²) in [5, 5.41) is 3.37. The van der Waals surface area contributed by atoms with Gasteiger partial charge in [-0.3, -0.25) is 4.79 Å². The van der Waals surface area contributed by atoms with Crippen LogP contribution in [-0.4, -0.2) is 25.2 Å². The zero-order chi connectivity index (χ0) is 18.2. The average Bonchev–Trinajstić information content (AvgIpc) is 2.59. The number of carbonyl (C=O) groups excluding carboxylic acids is 1. The summed E-state index contributed by atoms with van der Waals surface area (Å²) >= 11 is 0. The first-order valence-corrected chi connectivity index (χ1v) is 9.69. The molecule has 27 heavy (non-hydrogen) atoms. The lowest BCUT2D eigenvalue weighted by Crippen LogP contribution is -2.37. The SMILES string of the molecule is CC(C)[C@@H]1CC[C@@H](C)C[C@H]1OC(=O)CC(NCCN)c1ccccc1.Cl.Cl. The van der Waals surface area contributed by atoms with Gasteiger partial charge in [-0.2, -0.15) is 0 Å². The Morgan fingerprint density at radius 3 is 2.48 bits per heavy atom. The molecular weight excluding hydrogens is 383 g/mol. The number of nitrogens with one attached hydrogen (secondary N) is 1. The first-order chi connectivity index (χ1) is 12.0. The molecule has 1 aromatic carbocycles. The molecule has 0 aromatic heterocycles. The van der Waals surface area contributed by atoms with Crippen LogP contribution in [0.25, 0.3) is 0 Å². The first-order valence-electron chi connectivity index (χ1n) is 9.69. The van der Waals surface area contributed by atoms with E-state index >= 15 is 0 Å². The second-order valence-corrected chi connectivity index (χ2v) is 7.76. The molecule has 0 amide bonds. The Morgan fingerprint density at radius 2 is 1.89 bits per heavy atom. The van der Waals surface area contributed by atoms with Crippen LogP contribution in [0, 0.1) is 17.8 Å². The zero-order valence-corrected chi connectivity index (χ0v) is 18.4. The van der Waals surface area contributed by atoms with Gasteiger partial charge in [0.2, 0.25) is 0 Å². The lowest BCUT2D eigenvalue weighted by Gasteiger charge is -2.37. The van der Waals surface area contributed by atoms with E-state index in [0.717, 1.165) is 18.4 Å². The molecule has 6 heteroatoms. The van der Waals surface area contributed by atoms with Gasteiger partial charge in [-0.1, -0.05) is 57.5 Å². The summed E-state index contributed by atoms with van der Waals surface area (Å²) in [5.74, 6) is 1.55. The minimum Gasteiger partial charge on any atom is -0.462 e. The summed E-state index contributed by atoms with van der Waals surface area (Å²) in [4.78, 5) is 12.6. The summed E-state index contributed by atoms with van der Waals surface area (Å²) in [6.07, 6.45) is 3.79. The molecule has 1 aliphatic rings. The van der Waals surface area contributed by atoms with E-state index in [1.165, 1.54) is 6.42 Å². The van der Waals surface area contributed by atoms with Crippen molar-refractivity contribution >= 4 is 30.8 Å². The van der Waals surface area contributed by atoms with Crippen LogP contribution in [0.2, 0.25) is 0 Å². The molecule has 156 valence electrons.